The standard InChI is InChI=1S/C23H24N6O4S/c1-14-13-34-23-20(14)22(27-21(28-23)17-10-16(6-7-24-17)33-9-8-30)29(2)12-18(31)26-15-4-5-19(32-3)25-11-15/h4-7,10-11,13,30H,8-9,12H2,1-3H3,(H,26,31). The Hall–Kier alpha value is -3.83. The molecule has 1 amide bonds. The van der Waals surface area contributed by atoms with Crippen molar-refractivity contribution in [2.24, 2.45) is 0 Å². The Morgan fingerprint density at radius 1 is 1.24 bits per heavy atom. The molecule has 4 rings (SSSR count). The van der Waals surface area contributed by atoms with Crippen molar-refractivity contribution in [1.29, 1.82) is 0 Å². The molecule has 0 saturated carbocycles. The maximum absolute atomic E-state index is 12.7. The lowest BCUT2D eigenvalue weighted by molar-refractivity contribution is -0.114. The van der Waals surface area contributed by atoms with Gasteiger partial charge in [-0.1, -0.05) is 0 Å². The molecule has 0 saturated heterocycles. The van der Waals surface area contributed by atoms with Crippen LogP contribution in [0.25, 0.3) is 21.7 Å². The van der Waals surface area contributed by atoms with Gasteiger partial charge in [0.2, 0.25) is 11.8 Å². The lowest BCUT2D eigenvalue weighted by atomic mass is 10.2. The second kappa shape index (κ2) is 10.4. The van der Waals surface area contributed by atoms with E-state index in [4.69, 9.17) is 19.6 Å². The number of likely N-dealkylation sites (N-methyl/N-ethyl adjacent to an activating group) is 1. The normalized spacial score (nSPS) is 10.8. The van der Waals surface area contributed by atoms with Crippen molar-refractivity contribution in [2.75, 3.05) is 44.1 Å². The number of aliphatic hydroxyl groups is 1. The maximum atomic E-state index is 12.7. The van der Waals surface area contributed by atoms with Gasteiger partial charge in [0.05, 0.1) is 37.5 Å². The molecule has 0 aromatic carbocycles. The molecule has 176 valence electrons. The van der Waals surface area contributed by atoms with Crippen molar-refractivity contribution in [3.8, 4) is 23.1 Å². The van der Waals surface area contributed by atoms with Crippen LogP contribution >= 0.6 is 11.3 Å². The summed E-state index contributed by atoms with van der Waals surface area (Å²) in [4.78, 5) is 33.2. The van der Waals surface area contributed by atoms with Crippen molar-refractivity contribution in [3.63, 3.8) is 0 Å². The van der Waals surface area contributed by atoms with Gasteiger partial charge in [-0.05, 0) is 30.0 Å². The summed E-state index contributed by atoms with van der Waals surface area (Å²) in [7, 11) is 3.34. The van der Waals surface area contributed by atoms with Gasteiger partial charge in [-0.3, -0.25) is 9.78 Å². The summed E-state index contributed by atoms with van der Waals surface area (Å²) >= 11 is 1.51. The van der Waals surface area contributed by atoms with Crippen LogP contribution in [0.4, 0.5) is 11.5 Å². The molecule has 4 aromatic rings. The number of nitrogens with zero attached hydrogens (tertiary/aromatic N) is 5. The number of fused-ring (bicyclic) bond motifs is 1. The number of anilines is 2. The van der Waals surface area contributed by atoms with Gasteiger partial charge >= 0.3 is 0 Å². The Kier molecular flexibility index (Phi) is 7.14. The molecule has 0 aliphatic heterocycles. The number of nitrogens with one attached hydrogen (secondary N) is 1. The van der Waals surface area contributed by atoms with Gasteiger partial charge in [-0.25, -0.2) is 15.0 Å². The van der Waals surface area contributed by atoms with Crippen LogP contribution in [0.3, 0.4) is 0 Å². The summed E-state index contributed by atoms with van der Waals surface area (Å²) in [5.74, 6) is 1.87. The van der Waals surface area contributed by atoms with Crippen LogP contribution in [0, 0.1) is 6.92 Å². The predicted octanol–water partition coefficient (Wildman–Crippen LogP) is 2.91. The monoisotopic (exact) mass is 480 g/mol. The minimum Gasteiger partial charge on any atom is -0.491 e. The SMILES string of the molecule is COc1ccc(NC(=O)CN(C)c2nc(-c3cc(OCCO)ccn3)nc3scc(C)c23)cn1. The molecule has 0 atom stereocenters. The molecule has 0 aliphatic carbocycles. The number of aliphatic hydroxyl groups excluding tert-OH is 1. The Bertz CT molecular complexity index is 1290. The summed E-state index contributed by atoms with van der Waals surface area (Å²) in [6, 6.07) is 6.84. The quantitative estimate of drug-likeness (QED) is 0.372. The van der Waals surface area contributed by atoms with Gasteiger partial charge in [-0.2, -0.15) is 0 Å². The van der Waals surface area contributed by atoms with E-state index in [1.807, 2.05) is 19.4 Å². The Labute approximate surface area is 200 Å². The number of hydrogen-bond acceptors (Lipinski definition) is 10. The van der Waals surface area contributed by atoms with Gasteiger partial charge in [0.15, 0.2) is 5.82 Å². The molecule has 0 aliphatic rings. The molecule has 0 fully saturated rings. The van der Waals surface area contributed by atoms with Crippen LogP contribution in [0.2, 0.25) is 0 Å². The predicted molar refractivity (Wildman–Crippen MR) is 131 cm³/mol. The van der Waals surface area contributed by atoms with Crippen molar-refractivity contribution >= 4 is 39.0 Å². The minimum atomic E-state index is -0.215. The van der Waals surface area contributed by atoms with Crippen LogP contribution in [0.1, 0.15) is 5.56 Å². The van der Waals surface area contributed by atoms with Crippen molar-refractivity contribution < 1.29 is 19.4 Å². The number of carbonyl (C=O) groups is 1. The van der Waals surface area contributed by atoms with Crippen LogP contribution in [-0.2, 0) is 4.79 Å². The maximum Gasteiger partial charge on any atom is 0.243 e. The average Bonchev–Trinajstić information content (AvgIpc) is 3.23. The first-order valence-electron chi connectivity index (χ1n) is 10.5. The third kappa shape index (κ3) is 5.21. The first-order valence-corrected chi connectivity index (χ1v) is 11.3. The molecule has 34 heavy (non-hydrogen) atoms. The highest BCUT2D eigenvalue weighted by Gasteiger charge is 2.19. The lowest BCUT2D eigenvalue weighted by Crippen LogP contribution is -2.31. The second-order valence-electron chi connectivity index (χ2n) is 7.41. The van der Waals surface area contributed by atoms with Crippen molar-refractivity contribution in [2.45, 2.75) is 6.92 Å². The number of amides is 1. The van der Waals surface area contributed by atoms with Gasteiger partial charge in [-0.15, -0.1) is 11.3 Å². The minimum absolute atomic E-state index is 0.0694. The number of methoxy groups -OCH3 is 1. The Balaban J connectivity index is 1.60. The van der Waals surface area contributed by atoms with E-state index in [9.17, 15) is 4.79 Å². The number of ether oxygens (including phenoxy) is 2. The molecule has 2 N–H and O–H groups in total. The summed E-state index contributed by atoms with van der Waals surface area (Å²) < 4.78 is 10.5. The summed E-state index contributed by atoms with van der Waals surface area (Å²) in [5.41, 5.74) is 2.14. The number of thiophene rings is 1. The molecule has 0 spiro atoms. The largest absolute Gasteiger partial charge is 0.491 e. The fourth-order valence-corrected chi connectivity index (χ4v) is 4.22. The topological polar surface area (TPSA) is 123 Å². The molecule has 4 aromatic heterocycles. The number of rotatable bonds is 9. The highest BCUT2D eigenvalue weighted by atomic mass is 32.1. The highest BCUT2D eigenvalue weighted by Crippen LogP contribution is 2.33. The zero-order valence-corrected chi connectivity index (χ0v) is 19.8. The van der Waals surface area contributed by atoms with E-state index < -0.39 is 0 Å². The number of hydrogen-bond donors (Lipinski definition) is 2. The van der Waals surface area contributed by atoms with Crippen LogP contribution < -0.4 is 19.7 Å². The van der Waals surface area contributed by atoms with Gasteiger partial charge in [0.25, 0.3) is 0 Å². The van der Waals surface area contributed by atoms with E-state index in [0.717, 1.165) is 15.8 Å². The number of carbonyl (C=O) groups excluding carboxylic acids is 1. The molecule has 10 nitrogen and oxygen atoms in total. The van der Waals surface area contributed by atoms with E-state index in [1.54, 1.807) is 35.4 Å². The molecular formula is C23H24N6O4S. The summed E-state index contributed by atoms with van der Waals surface area (Å²) in [6.45, 7) is 2.16. The number of aromatic nitrogens is 4. The zero-order valence-electron chi connectivity index (χ0n) is 19.0. The molecule has 11 heteroatoms. The number of aryl methyl sites for hydroxylation is 1. The second-order valence-corrected chi connectivity index (χ2v) is 8.27. The van der Waals surface area contributed by atoms with Crippen molar-refractivity contribution in [1.82, 2.24) is 19.9 Å². The molecule has 0 unspecified atom stereocenters. The fourth-order valence-electron chi connectivity index (χ4n) is 3.31. The Morgan fingerprint density at radius 2 is 2.09 bits per heavy atom. The van der Waals surface area contributed by atoms with Gasteiger partial charge in [0.1, 0.15) is 28.7 Å². The van der Waals surface area contributed by atoms with Crippen LogP contribution in [-0.4, -0.2) is 64.9 Å². The zero-order chi connectivity index (χ0) is 24.1. The molecule has 0 bridgehead atoms. The smallest absolute Gasteiger partial charge is 0.243 e. The highest BCUT2D eigenvalue weighted by molar-refractivity contribution is 7.17. The third-order valence-electron chi connectivity index (χ3n) is 4.89. The third-order valence-corrected chi connectivity index (χ3v) is 5.88. The van der Waals surface area contributed by atoms with E-state index >= 15 is 0 Å². The molecular weight excluding hydrogens is 456 g/mol. The van der Waals surface area contributed by atoms with Crippen LogP contribution in [0.15, 0.2) is 42.0 Å². The van der Waals surface area contributed by atoms with E-state index in [2.05, 4.69) is 20.3 Å². The van der Waals surface area contributed by atoms with Gasteiger partial charge < -0.3 is 24.8 Å². The Morgan fingerprint density at radius 3 is 2.82 bits per heavy atom. The van der Waals surface area contributed by atoms with E-state index in [-0.39, 0.29) is 25.7 Å². The van der Waals surface area contributed by atoms with Crippen LogP contribution in [0.5, 0.6) is 11.6 Å². The first kappa shape index (κ1) is 23.3. The first-order chi connectivity index (χ1) is 16.5. The molecule has 4 heterocycles. The van der Waals surface area contributed by atoms with E-state index in [1.165, 1.54) is 24.6 Å². The van der Waals surface area contributed by atoms with Crippen molar-refractivity contribution in [3.05, 3.63) is 47.6 Å². The fraction of sp³-hybridized carbons (Fsp3) is 0.261. The van der Waals surface area contributed by atoms with E-state index in [0.29, 0.717) is 34.7 Å². The molecule has 0 radical (unpaired) electrons. The van der Waals surface area contributed by atoms with Gasteiger partial charge in [0, 0.05) is 25.4 Å². The number of pyridine rings is 2. The summed E-state index contributed by atoms with van der Waals surface area (Å²) in [6.07, 6.45) is 3.15. The average molecular weight is 481 g/mol. The lowest BCUT2D eigenvalue weighted by Gasteiger charge is -2.20. The summed E-state index contributed by atoms with van der Waals surface area (Å²) in [5, 5.41) is 14.7.